The average Bonchev–Trinajstić information content (AvgIpc) is 2.32. The zero-order valence-electron chi connectivity index (χ0n) is 11.0. The number of ether oxygens (including phenoxy) is 1. The van der Waals surface area contributed by atoms with Crippen LogP contribution in [0.5, 0.6) is 5.75 Å². The van der Waals surface area contributed by atoms with Gasteiger partial charge in [0.25, 0.3) is 0 Å². The van der Waals surface area contributed by atoms with Gasteiger partial charge in [-0.2, -0.15) is 0 Å². The Bertz CT molecular complexity index is 457. The predicted octanol–water partition coefficient (Wildman–Crippen LogP) is 1.26. The summed E-state index contributed by atoms with van der Waals surface area (Å²) in [4.78, 5) is 0. The molecule has 4 nitrogen and oxygen atoms in total. The second-order valence-corrected chi connectivity index (χ2v) is 6.56. The van der Waals surface area contributed by atoms with Gasteiger partial charge < -0.3 is 10.1 Å². The summed E-state index contributed by atoms with van der Waals surface area (Å²) >= 11 is 0. The molecule has 0 atom stereocenters. The maximum Gasteiger partial charge on any atom is 0.147 e. The van der Waals surface area contributed by atoms with Crippen LogP contribution in [0.1, 0.15) is 12.0 Å². The molecule has 5 heteroatoms. The van der Waals surface area contributed by atoms with Crippen molar-refractivity contribution in [2.45, 2.75) is 12.8 Å². The van der Waals surface area contributed by atoms with Crippen molar-refractivity contribution in [1.29, 1.82) is 0 Å². The van der Waals surface area contributed by atoms with Crippen molar-refractivity contribution in [3.63, 3.8) is 0 Å². The molecule has 0 aliphatic rings. The van der Waals surface area contributed by atoms with Gasteiger partial charge in [0.15, 0.2) is 0 Å². The Morgan fingerprint density at radius 3 is 2.61 bits per heavy atom. The maximum atomic E-state index is 10.9. The van der Waals surface area contributed by atoms with E-state index in [0.717, 1.165) is 30.8 Å². The normalized spacial score (nSPS) is 11.4. The van der Waals surface area contributed by atoms with Gasteiger partial charge in [0.1, 0.15) is 15.6 Å². The van der Waals surface area contributed by atoms with Gasteiger partial charge in [-0.15, -0.1) is 0 Å². The van der Waals surface area contributed by atoms with Gasteiger partial charge in [0, 0.05) is 6.26 Å². The van der Waals surface area contributed by atoms with Crippen LogP contribution in [-0.4, -0.2) is 40.6 Å². The van der Waals surface area contributed by atoms with Gasteiger partial charge in [-0.1, -0.05) is 18.2 Å². The maximum absolute atomic E-state index is 10.9. The molecule has 1 N–H and O–H groups in total. The van der Waals surface area contributed by atoms with Crippen LogP contribution in [0.4, 0.5) is 0 Å². The molecule has 0 saturated heterocycles. The van der Waals surface area contributed by atoms with E-state index in [0.29, 0.717) is 6.42 Å². The fourth-order valence-electron chi connectivity index (χ4n) is 1.72. The summed E-state index contributed by atoms with van der Waals surface area (Å²) in [5.74, 6) is 1.14. The number of para-hydroxylation sites is 1. The zero-order chi connectivity index (χ0) is 13.4. The van der Waals surface area contributed by atoms with Crippen LogP contribution < -0.4 is 10.1 Å². The summed E-state index contributed by atoms with van der Waals surface area (Å²) in [6.45, 7) is 1.55. The van der Waals surface area contributed by atoms with Crippen LogP contribution >= 0.6 is 0 Å². The van der Waals surface area contributed by atoms with E-state index in [1.54, 1.807) is 7.11 Å². The quantitative estimate of drug-likeness (QED) is 0.723. The lowest BCUT2D eigenvalue weighted by Gasteiger charge is -2.08. The lowest BCUT2D eigenvalue weighted by Crippen LogP contribution is -2.20. The van der Waals surface area contributed by atoms with Gasteiger partial charge in [-0.25, -0.2) is 8.42 Å². The molecular formula is C13H21NO3S. The molecule has 18 heavy (non-hydrogen) atoms. The molecule has 1 rings (SSSR count). The van der Waals surface area contributed by atoms with Gasteiger partial charge in [0.2, 0.25) is 0 Å². The van der Waals surface area contributed by atoms with E-state index in [1.807, 2.05) is 24.3 Å². The first-order valence-corrected chi connectivity index (χ1v) is 8.09. The summed E-state index contributed by atoms with van der Waals surface area (Å²) in [6, 6.07) is 7.92. The highest BCUT2D eigenvalue weighted by Gasteiger charge is 2.02. The highest BCUT2D eigenvalue weighted by Crippen LogP contribution is 2.17. The number of sulfone groups is 1. The molecule has 0 aliphatic heterocycles. The van der Waals surface area contributed by atoms with Crippen molar-refractivity contribution < 1.29 is 13.2 Å². The minimum absolute atomic E-state index is 0.245. The van der Waals surface area contributed by atoms with Crippen molar-refractivity contribution in [3.05, 3.63) is 29.8 Å². The van der Waals surface area contributed by atoms with Gasteiger partial charge in [0.05, 0.1) is 12.9 Å². The van der Waals surface area contributed by atoms with E-state index in [9.17, 15) is 8.42 Å². The number of methoxy groups -OCH3 is 1. The smallest absolute Gasteiger partial charge is 0.147 e. The monoisotopic (exact) mass is 271 g/mol. The van der Waals surface area contributed by atoms with E-state index < -0.39 is 9.84 Å². The SMILES string of the molecule is COc1ccccc1CCNCCCS(C)(=O)=O. The molecule has 0 amide bonds. The summed E-state index contributed by atoms with van der Waals surface area (Å²) in [7, 11) is -1.17. The van der Waals surface area contributed by atoms with Crippen LogP contribution in [0.15, 0.2) is 24.3 Å². The lowest BCUT2D eigenvalue weighted by molar-refractivity contribution is 0.409. The van der Waals surface area contributed by atoms with Crippen molar-refractivity contribution >= 4 is 9.84 Å². The second-order valence-electron chi connectivity index (χ2n) is 4.30. The van der Waals surface area contributed by atoms with Crippen molar-refractivity contribution in [2.75, 3.05) is 32.2 Å². The number of hydrogen-bond donors (Lipinski definition) is 1. The molecule has 102 valence electrons. The summed E-state index contributed by atoms with van der Waals surface area (Å²) in [5, 5.41) is 3.24. The van der Waals surface area contributed by atoms with Gasteiger partial charge in [-0.05, 0) is 37.6 Å². The largest absolute Gasteiger partial charge is 0.496 e. The van der Waals surface area contributed by atoms with Crippen LogP contribution in [0.25, 0.3) is 0 Å². The minimum Gasteiger partial charge on any atom is -0.496 e. The number of benzene rings is 1. The fourth-order valence-corrected chi connectivity index (χ4v) is 2.39. The molecule has 0 unspecified atom stereocenters. The molecule has 0 radical (unpaired) electrons. The zero-order valence-corrected chi connectivity index (χ0v) is 11.8. The Kier molecular flexibility index (Phi) is 6.15. The first-order chi connectivity index (χ1) is 8.53. The molecule has 1 aromatic rings. The van der Waals surface area contributed by atoms with Gasteiger partial charge in [-0.3, -0.25) is 0 Å². The van der Waals surface area contributed by atoms with Gasteiger partial charge >= 0.3 is 0 Å². The summed E-state index contributed by atoms with van der Waals surface area (Å²) in [5.41, 5.74) is 1.16. The molecule has 0 fully saturated rings. The minimum atomic E-state index is -2.83. The van der Waals surface area contributed by atoms with Crippen molar-refractivity contribution in [2.24, 2.45) is 0 Å². The molecule has 0 saturated carbocycles. The first kappa shape index (κ1) is 15.0. The summed E-state index contributed by atoms with van der Waals surface area (Å²) in [6.07, 6.45) is 2.80. The highest BCUT2D eigenvalue weighted by atomic mass is 32.2. The molecular weight excluding hydrogens is 250 g/mol. The first-order valence-electron chi connectivity index (χ1n) is 6.03. The topological polar surface area (TPSA) is 55.4 Å². The average molecular weight is 271 g/mol. The van der Waals surface area contributed by atoms with Crippen LogP contribution in [0, 0.1) is 0 Å². The number of hydrogen-bond acceptors (Lipinski definition) is 4. The Morgan fingerprint density at radius 1 is 1.22 bits per heavy atom. The van der Waals surface area contributed by atoms with Crippen molar-refractivity contribution in [3.8, 4) is 5.75 Å². The third-order valence-corrected chi connectivity index (χ3v) is 3.66. The van der Waals surface area contributed by atoms with E-state index in [-0.39, 0.29) is 5.75 Å². The fraction of sp³-hybridized carbons (Fsp3) is 0.538. The third kappa shape index (κ3) is 6.02. The molecule has 0 aromatic heterocycles. The van der Waals surface area contributed by atoms with Crippen molar-refractivity contribution in [1.82, 2.24) is 5.32 Å². The molecule has 0 heterocycles. The molecule has 1 aromatic carbocycles. The van der Waals surface area contributed by atoms with E-state index in [4.69, 9.17) is 4.74 Å². The van der Waals surface area contributed by atoms with E-state index in [2.05, 4.69) is 5.32 Å². The lowest BCUT2D eigenvalue weighted by atomic mass is 10.1. The Labute approximate surface area is 109 Å². The number of rotatable bonds is 8. The van der Waals surface area contributed by atoms with E-state index >= 15 is 0 Å². The predicted molar refractivity (Wildman–Crippen MR) is 73.9 cm³/mol. The molecule has 0 aliphatic carbocycles. The number of nitrogens with one attached hydrogen (secondary N) is 1. The second kappa shape index (κ2) is 7.38. The Morgan fingerprint density at radius 2 is 1.94 bits per heavy atom. The van der Waals surface area contributed by atoms with Crippen LogP contribution in [0.3, 0.4) is 0 Å². The summed E-state index contributed by atoms with van der Waals surface area (Å²) < 4.78 is 27.1. The highest BCUT2D eigenvalue weighted by molar-refractivity contribution is 7.90. The molecule has 0 bridgehead atoms. The van der Waals surface area contributed by atoms with Crippen LogP contribution in [0.2, 0.25) is 0 Å². The standard InChI is InChI=1S/C13H21NO3S/c1-17-13-7-4-3-6-12(13)8-10-14-9-5-11-18(2,15)16/h3-4,6-7,14H,5,8-11H2,1-2H3. The van der Waals surface area contributed by atoms with Crippen LogP contribution in [-0.2, 0) is 16.3 Å². The molecule has 0 spiro atoms. The Balaban J connectivity index is 2.22. The Hall–Kier alpha value is -1.07. The van der Waals surface area contributed by atoms with E-state index in [1.165, 1.54) is 6.26 Å². The third-order valence-electron chi connectivity index (χ3n) is 2.63.